The van der Waals surface area contributed by atoms with Gasteiger partial charge >= 0.3 is 0 Å². The summed E-state index contributed by atoms with van der Waals surface area (Å²) < 4.78 is 13.4. The van der Waals surface area contributed by atoms with E-state index in [4.69, 9.17) is 0 Å². The van der Waals surface area contributed by atoms with Crippen molar-refractivity contribution < 1.29 is 9.18 Å². The Morgan fingerprint density at radius 3 is 2.96 bits per heavy atom. The third-order valence-electron chi connectivity index (χ3n) is 6.39. The molecule has 0 radical (unpaired) electrons. The minimum atomic E-state index is -0.171. The predicted octanol–water partition coefficient (Wildman–Crippen LogP) is 3.30. The third-order valence-corrected chi connectivity index (χ3v) is 6.39. The number of aromatic nitrogens is 2. The Morgan fingerprint density at radius 1 is 1.29 bits per heavy atom. The first-order chi connectivity index (χ1) is 13.5. The molecule has 2 aromatic rings. The number of aromatic amines is 1. The van der Waals surface area contributed by atoms with Crippen LogP contribution in [0.5, 0.6) is 0 Å². The van der Waals surface area contributed by atoms with Crippen molar-refractivity contribution in [3.05, 3.63) is 53.4 Å². The van der Waals surface area contributed by atoms with Gasteiger partial charge in [-0.25, -0.2) is 9.37 Å². The first kappa shape index (κ1) is 19.1. The van der Waals surface area contributed by atoms with E-state index >= 15 is 0 Å². The van der Waals surface area contributed by atoms with Crippen molar-refractivity contribution >= 4 is 5.91 Å². The number of aryl methyl sites for hydroxylation is 1. The van der Waals surface area contributed by atoms with Crippen LogP contribution in [0.3, 0.4) is 0 Å². The molecule has 2 fully saturated rings. The fourth-order valence-electron chi connectivity index (χ4n) is 4.84. The molecule has 6 heteroatoms. The van der Waals surface area contributed by atoms with Gasteiger partial charge in [0.05, 0.1) is 6.33 Å². The number of carbonyl (C=O) groups is 1. The summed E-state index contributed by atoms with van der Waals surface area (Å²) in [6.07, 6.45) is 8.30. The molecular formula is C22H29FN4O. The summed E-state index contributed by atoms with van der Waals surface area (Å²) in [7, 11) is 0. The number of piperidine rings is 2. The van der Waals surface area contributed by atoms with Gasteiger partial charge in [-0.3, -0.25) is 9.69 Å². The van der Waals surface area contributed by atoms with Crippen LogP contribution in [0.4, 0.5) is 4.39 Å². The van der Waals surface area contributed by atoms with Crippen molar-refractivity contribution in [2.45, 2.75) is 45.6 Å². The van der Waals surface area contributed by atoms with Crippen LogP contribution in [0, 0.1) is 18.2 Å². The van der Waals surface area contributed by atoms with Gasteiger partial charge in [-0.2, -0.15) is 0 Å². The average Bonchev–Trinajstić information content (AvgIpc) is 3.19. The number of nitrogens with one attached hydrogen (secondary N) is 1. The highest BCUT2D eigenvalue weighted by molar-refractivity contribution is 5.77. The smallest absolute Gasteiger partial charge is 0.222 e. The number of carbonyl (C=O) groups excluding carboxylic acids is 1. The van der Waals surface area contributed by atoms with Crippen molar-refractivity contribution in [2.75, 3.05) is 26.2 Å². The normalized spacial score (nSPS) is 23.5. The highest BCUT2D eigenvalue weighted by Gasteiger charge is 2.41. The lowest BCUT2D eigenvalue weighted by atomic mass is 9.73. The summed E-state index contributed by atoms with van der Waals surface area (Å²) >= 11 is 0. The molecule has 4 rings (SSSR count). The zero-order valence-corrected chi connectivity index (χ0v) is 16.6. The van der Waals surface area contributed by atoms with E-state index in [1.54, 1.807) is 18.5 Å². The maximum Gasteiger partial charge on any atom is 0.222 e. The van der Waals surface area contributed by atoms with Gasteiger partial charge in [-0.1, -0.05) is 6.07 Å². The second-order valence-electron chi connectivity index (χ2n) is 8.53. The first-order valence-electron chi connectivity index (χ1n) is 10.3. The molecule has 1 N–H and O–H groups in total. The minimum Gasteiger partial charge on any atom is -0.348 e. The molecule has 1 atom stereocenters. The quantitative estimate of drug-likeness (QED) is 0.861. The fourth-order valence-corrected chi connectivity index (χ4v) is 4.84. The van der Waals surface area contributed by atoms with E-state index in [9.17, 15) is 9.18 Å². The Kier molecular flexibility index (Phi) is 5.49. The number of rotatable bonds is 5. The molecule has 0 saturated carbocycles. The van der Waals surface area contributed by atoms with Gasteiger partial charge in [0.25, 0.3) is 0 Å². The highest BCUT2D eigenvalue weighted by atomic mass is 19.1. The van der Waals surface area contributed by atoms with Crippen molar-refractivity contribution in [2.24, 2.45) is 5.41 Å². The number of H-pyrrole nitrogens is 1. The topological polar surface area (TPSA) is 52.2 Å². The fraction of sp³-hybridized carbons (Fsp3) is 0.545. The zero-order chi connectivity index (χ0) is 19.6. The molecule has 3 heterocycles. The summed E-state index contributed by atoms with van der Waals surface area (Å²) in [5, 5.41) is 0. The van der Waals surface area contributed by atoms with E-state index in [0.29, 0.717) is 6.42 Å². The molecule has 2 aliphatic heterocycles. The minimum absolute atomic E-state index is 0.171. The monoisotopic (exact) mass is 384 g/mol. The molecule has 0 bridgehead atoms. The summed E-state index contributed by atoms with van der Waals surface area (Å²) in [5.41, 5.74) is 3.47. The van der Waals surface area contributed by atoms with Crippen LogP contribution >= 0.6 is 0 Å². The van der Waals surface area contributed by atoms with E-state index in [0.717, 1.165) is 63.2 Å². The molecule has 1 spiro atoms. The van der Waals surface area contributed by atoms with Crippen molar-refractivity contribution in [1.29, 1.82) is 0 Å². The van der Waals surface area contributed by atoms with Gasteiger partial charge in [-0.15, -0.1) is 0 Å². The molecule has 2 saturated heterocycles. The molecule has 1 amide bonds. The van der Waals surface area contributed by atoms with Crippen LogP contribution in [0.1, 0.15) is 42.5 Å². The van der Waals surface area contributed by atoms with E-state index in [1.165, 1.54) is 12.0 Å². The number of hydrogen-bond acceptors (Lipinski definition) is 3. The zero-order valence-electron chi connectivity index (χ0n) is 16.6. The van der Waals surface area contributed by atoms with Crippen LogP contribution in [-0.2, 0) is 17.8 Å². The molecule has 1 unspecified atom stereocenters. The Balaban J connectivity index is 1.40. The second-order valence-corrected chi connectivity index (χ2v) is 8.53. The lowest BCUT2D eigenvalue weighted by Gasteiger charge is -2.48. The van der Waals surface area contributed by atoms with Gasteiger partial charge in [0.2, 0.25) is 5.91 Å². The first-order valence-corrected chi connectivity index (χ1v) is 10.3. The number of benzene rings is 1. The van der Waals surface area contributed by atoms with Crippen LogP contribution in [0.25, 0.3) is 0 Å². The van der Waals surface area contributed by atoms with E-state index in [-0.39, 0.29) is 17.1 Å². The molecule has 1 aromatic heterocycles. The maximum absolute atomic E-state index is 13.4. The number of imidazole rings is 1. The van der Waals surface area contributed by atoms with Crippen molar-refractivity contribution in [1.82, 2.24) is 19.8 Å². The summed E-state index contributed by atoms with van der Waals surface area (Å²) in [6.45, 7) is 6.52. The van der Waals surface area contributed by atoms with Crippen LogP contribution in [0.2, 0.25) is 0 Å². The maximum atomic E-state index is 13.4. The number of halogens is 1. The number of nitrogens with zero attached hydrogens (tertiary/aromatic N) is 3. The summed E-state index contributed by atoms with van der Waals surface area (Å²) in [4.78, 5) is 24.2. The predicted molar refractivity (Wildman–Crippen MR) is 106 cm³/mol. The molecule has 0 aliphatic carbocycles. The van der Waals surface area contributed by atoms with Crippen molar-refractivity contribution in [3.8, 4) is 0 Å². The van der Waals surface area contributed by atoms with Gasteiger partial charge < -0.3 is 9.88 Å². The Bertz CT molecular complexity index is 822. The third kappa shape index (κ3) is 4.27. The molecule has 150 valence electrons. The number of likely N-dealkylation sites (tertiary alicyclic amines) is 2. The lowest BCUT2D eigenvalue weighted by Crippen LogP contribution is -2.54. The Labute approximate surface area is 165 Å². The van der Waals surface area contributed by atoms with Crippen molar-refractivity contribution in [3.63, 3.8) is 0 Å². The Hall–Kier alpha value is -2.21. The van der Waals surface area contributed by atoms with E-state index < -0.39 is 0 Å². The number of amides is 1. The van der Waals surface area contributed by atoms with Gasteiger partial charge in [0, 0.05) is 56.3 Å². The summed E-state index contributed by atoms with van der Waals surface area (Å²) in [5.74, 6) is 0.103. The standard InChI is InChI=1S/C22H29FN4O/c1-17-11-19(23)4-3-18(17)13-26-9-2-7-22(14-26)8-5-21(28)27(15-22)10-6-20-12-24-16-25-20/h3-4,11-12,16H,2,5-10,13-15H2,1H3,(H,24,25). The Morgan fingerprint density at radius 2 is 2.18 bits per heavy atom. The lowest BCUT2D eigenvalue weighted by molar-refractivity contribution is -0.139. The average molecular weight is 384 g/mol. The second kappa shape index (κ2) is 8.03. The van der Waals surface area contributed by atoms with Gasteiger partial charge in [0.1, 0.15) is 5.82 Å². The molecular weight excluding hydrogens is 355 g/mol. The highest BCUT2D eigenvalue weighted by Crippen LogP contribution is 2.39. The molecule has 5 nitrogen and oxygen atoms in total. The van der Waals surface area contributed by atoms with Crippen LogP contribution in [-0.4, -0.2) is 51.9 Å². The van der Waals surface area contributed by atoms with Crippen LogP contribution < -0.4 is 0 Å². The SMILES string of the molecule is Cc1cc(F)ccc1CN1CCCC2(CCC(=O)N(CCc3cnc[nH]3)C2)C1. The van der Waals surface area contributed by atoms with Gasteiger partial charge in [-0.05, 0) is 56.0 Å². The number of hydrogen-bond donors (Lipinski definition) is 1. The van der Waals surface area contributed by atoms with E-state index in [2.05, 4.69) is 19.8 Å². The van der Waals surface area contributed by atoms with Gasteiger partial charge in [0.15, 0.2) is 0 Å². The van der Waals surface area contributed by atoms with Crippen LogP contribution in [0.15, 0.2) is 30.7 Å². The molecule has 2 aliphatic rings. The van der Waals surface area contributed by atoms with E-state index in [1.807, 2.05) is 19.2 Å². The largest absolute Gasteiger partial charge is 0.348 e. The molecule has 28 heavy (non-hydrogen) atoms. The summed E-state index contributed by atoms with van der Waals surface area (Å²) in [6, 6.07) is 5.08. The molecule has 1 aromatic carbocycles.